The van der Waals surface area contributed by atoms with Crippen molar-refractivity contribution in [2.75, 3.05) is 14.2 Å². The molecule has 0 atom stereocenters. The van der Waals surface area contributed by atoms with Gasteiger partial charge in [0.1, 0.15) is 11.5 Å². The maximum Gasteiger partial charge on any atom is 0.182 e. The fourth-order valence-corrected chi connectivity index (χ4v) is 2.20. The predicted octanol–water partition coefficient (Wildman–Crippen LogP) is 2.56. The summed E-state index contributed by atoms with van der Waals surface area (Å²) in [4.78, 5) is 8.63. The molecular weight excluding hydrogens is 280 g/mol. The molecule has 0 aliphatic heterocycles. The highest BCUT2D eigenvalue weighted by atomic mass is 16.5. The van der Waals surface area contributed by atoms with Crippen LogP contribution in [0.1, 0.15) is 0 Å². The third-order valence-corrected chi connectivity index (χ3v) is 3.31. The molecule has 1 aromatic carbocycles. The summed E-state index contributed by atoms with van der Waals surface area (Å²) >= 11 is 0. The third kappa shape index (κ3) is 2.63. The normalized spacial score (nSPS) is 10.5. The molecule has 0 aliphatic rings. The molecule has 2 heterocycles. The van der Waals surface area contributed by atoms with E-state index in [9.17, 15) is 0 Å². The first-order chi connectivity index (χ1) is 10.7. The van der Waals surface area contributed by atoms with Gasteiger partial charge >= 0.3 is 0 Å². The fourth-order valence-electron chi connectivity index (χ4n) is 2.20. The summed E-state index contributed by atoms with van der Waals surface area (Å²) in [6, 6.07) is 9.39. The van der Waals surface area contributed by atoms with Crippen LogP contribution in [0.15, 0.2) is 42.7 Å². The molecule has 0 aliphatic carbocycles. The quantitative estimate of drug-likeness (QED) is 0.740. The zero-order valence-corrected chi connectivity index (χ0v) is 12.6. The van der Waals surface area contributed by atoms with Crippen molar-refractivity contribution in [1.29, 1.82) is 0 Å². The highest BCUT2D eigenvalue weighted by Crippen LogP contribution is 2.29. The van der Waals surface area contributed by atoms with Crippen molar-refractivity contribution in [2.24, 2.45) is 7.05 Å². The van der Waals surface area contributed by atoms with Gasteiger partial charge in [0, 0.05) is 36.6 Å². The molecule has 0 amide bonds. The first-order valence-corrected chi connectivity index (χ1v) is 6.76. The number of aromatic nitrogens is 4. The van der Waals surface area contributed by atoms with E-state index in [4.69, 9.17) is 9.47 Å². The molecule has 22 heavy (non-hydrogen) atoms. The van der Waals surface area contributed by atoms with Gasteiger partial charge in [-0.05, 0) is 24.3 Å². The van der Waals surface area contributed by atoms with Crippen LogP contribution in [0.25, 0.3) is 22.8 Å². The molecule has 0 spiro atoms. The number of aryl methyl sites for hydroxylation is 1. The van der Waals surface area contributed by atoms with E-state index in [1.807, 2.05) is 37.4 Å². The first-order valence-electron chi connectivity index (χ1n) is 6.76. The molecule has 6 heteroatoms. The van der Waals surface area contributed by atoms with Gasteiger partial charge < -0.3 is 9.47 Å². The zero-order chi connectivity index (χ0) is 15.5. The molecule has 3 rings (SSSR count). The van der Waals surface area contributed by atoms with Gasteiger partial charge in [-0.2, -0.15) is 5.10 Å². The molecule has 0 saturated heterocycles. The van der Waals surface area contributed by atoms with Crippen molar-refractivity contribution >= 4 is 0 Å². The lowest BCUT2D eigenvalue weighted by atomic mass is 10.2. The molecule has 2 aromatic heterocycles. The minimum absolute atomic E-state index is 0.617. The summed E-state index contributed by atoms with van der Waals surface area (Å²) in [5.41, 5.74) is 1.80. The van der Waals surface area contributed by atoms with Crippen molar-refractivity contribution in [3.05, 3.63) is 42.7 Å². The summed E-state index contributed by atoms with van der Waals surface area (Å²) in [6.45, 7) is 0. The maximum absolute atomic E-state index is 5.29. The monoisotopic (exact) mass is 296 g/mol. The van der Waals surface area contributed by atoms with E-state index in [1.165, 1.54) is 0 Å². The maximum atomic E-state index is 5.29. The van der Waals surface area contributed by atoms with Crippen molar-refractivity contribution in [3.8, 4) is 34.3 Å². The third-order valence-electron chi connectivity index (χ3n) is 3.31. The summed E-state index contributed by atoms with van der Waals surface area (Å²) < 4.78 is 12.3. The zero-order valence-electron chi connectivity index (χ0n) is 12.6. The predicted molar refractivity (Wildman–Crippen MR) is 82.8 cm³/mol. The highest BCUT2D eigenvalue weighted by molar-refractivity contribution is 5.64. The van der Waals surface area contributed by atoms with E-state index >= 15 is 0 Å². The number of ether oxygens (including phenoxy) is 2. The lowest BCUT2D eigenvalue weighted by molar-refractivity contribution is 0.394. The smallest absolute Gasteiger partial charge is 0.182 e. The number of hydrogen-bond acceptors (Lipinski definition) is 5. The Labute approximate surface area is 128 Å². The SMILES string of the molecule is COc1cc(OC)cc(-c2nc(-c3ccncc3)n(C)n2)c1. The van der Waals surface area contributed by atoms with Gasteiger partial charge in [-0.15, -0.1) is 0 Å². The van der Waals surface area contributed by atoms with Crippen LogP contribution in [0.3, 0.4) is 0 Å². The Hall–Kier alpha value is -2.89. The van der Waals surface area contributed by atoms with Gasteiger partial charge in [0.05, 0.1) is 14.2 Å². The van der Waals surface area contributed by atoms with Crippen molar-refractivity contribution in [2.45, 2.75) is 0 Å². The second-order valence-corrected chi connectivity index (χ2v) is 4.72. The number of nitrogens with zero attached hydrogens (tertiary/aromatic N) is 4. The number of hydrogen-bond donors (Lipinski definition) is 0. The average Bonchev–Trinajstić information content (AvgIpc) is 2.97. The van der Waals surface area contributed by atoms with E-state index in [-0.39, 0.29) is 0 Å². The van der Waals surface area contributed by atoms with Crippen molar-refractivity contribution in [1.82, 2.24) is 19.7 Å². The van der Waals surface area contributed by atoms with E-state index in [0.717, 1.165) is 17.0 Å². The van der Waals surface area contributed by atoms with Crippen LogP contribution in [0.5, 0.6) is 11.5 Å². The number of methoxy groups -OCH3 is 2. The van der Waals surface area contributed by atoms with Gasteiger partial charge in [-0.1, -0.05) is 0 Å². The van der Waals surface area contributed by atoms with Gasteiger partial charge in [-0.3, -0.25) is 4.98 Å². The highest BCUT2D eigenvalue weighted by Gasteiger charge is 2.13. The topological polar surface area (TPSA) is 62.1 Å². The van der Waals surface area contributed by atoms with E-state index in [0.29, 0.717) is 17.3 Å². The lowest BCUT2D eigenvalue weighted by Crippen LogP contribution is -1.94. The Morgan fingerprint density at radius 1 is 0.909 bits per heavy atom. The molecule has 0 radical (unpaired) electrons. The van der Waals surface area contributed by atoms with Crippen LogP contribution in [-0.4, -0.2) is 34.0 Å². The van der Waals surface area contributed by atoms with Crippen LogP contribution in [-0.2, 0) is 7.05 Å². The van der Waals surface area contributed by atoms with Gasteiger partial charge in [0.2, 0.25) is 0 Å². The fraction of sp³-hybridized carbons (Fsp3) is 0.188. The van der Waals surface area contributed by atoms with Crippen LogP contribution >= 0.6 is 0 Å². The lowest BCUT2D eigenvalue weighted by Gasteiger charge is -2.06. The summed E-state index contributed by atoms with van der Waals surface area (Å²) in [6.07, 6.45) is 3.47. The Balaban J connectivity index is 2.07. The largest absolute Gasteiger partial charge is 0.497 e. The van der Waals surface area contributed by atoms with Crippen LogP contribution < -0.4 is 9.47 Å². The standard InChI is InChI=1S/C16H16N4O2/c1-20-16(11-4-6-17-7-5-11)18-15(19-20)12-8-13(21-2)10-14(9-12)22-3/h4-10H,1-3H3. The van der Waals surface area contributed by atoms with Crippen LogP contribution in [0, 0.1) is 0 Å². The van der Waals surface area contributed by atoms with E-state index < -0.39 is 0 Å². The van der Waals surface area contributed by atoms with Crippen LogP contribution in [0.4, 0.5) is 0 Å². The molecule has 0 unspecified atom stereocenters. The Kier molecular flexibility index (Phi) is 3.74. The van der Waals surface area contributed by atoms with Crippen molar-refractivity contribution in [3.63, 3.8) is 0 Å². The summed E-state index contributed by atoms with van der Waals surface area (Å²) in [5, 5.41) is 4.48. The minimum Gasteiger partial charge on any atom is -0.497 e. The number of pyridine rings is 1. The molecule has 0 N–H and O–H groups in total. The minimum atomic E-state index is 0.617. The van der Waals surface area contributed by atoms with Crippen LogP contribution in [0.2, 0.25) is 0 Å². The van der Waals surface area contributed by atoms with Gasteiger partial charge in [-0.25, -0.2) is 9.67 Å². The van der Waals surface area contributed by atoms with Gasteiger partial charge in [0.25, 0.3) is 0 Å². The number of benzene rings is 1. The molecule has 0 saturated carbocycles. The molecule has 3 aromatic rings. The Bertz CT molecular complexity index is 762. The molecule has 6 nitrogen and oxygen atoms in total. The molecule has 112 valence electrons. The van der Waals surface area contributed by atoms with E-state index in [2.05, 4.69) is 15.1 Å². The molecule has 0 bridgehead atoms. The number of rotatable bonds is 4. The first kappa shape index (κ1) is 14.1. The van der Waals surface area contributed by atoms with Crippen molar-refractivity contribution < 1.29 is 9.47 Å². The second-order valence-electron chi connectivity index (χ2n) is 4.72. The van der Waals surface area contributed by atoms with E-state index in [1.54, 1.807) is 31.3 Å². The molecule has 0 fully saturated rings. The summed E-state index contributed by atoms with van der Waals surface area (Å²) in [5.74, 6) is 2.80. The summed E-state index contributed by atoms with van der Waals surface area (Å²) in [7, 11) is 5.10. The van der Waals surface area contributed by atoms with Gasteiger partial charge in [0.15, 0.2) is 11.6 Å². The second kappa shape index (κ2) is 5.85. The Morgan fingerprint density at radius 2 is 1.55 bits per heavy atom. The Morgan fingerprint density at radius 3 is 2.14 bits per heavy atom. The average molecular weight is 296 g/mol. The molecular formula is C16H16N4O2.